The summed E-state index contributed by atoms with van der Waals surface area (Å²) in [6.45, 7) is 3.09. The molecule has 3 nitrogen and oxygen atoms in total. The van der Waals surface area contributed by atoms with Crippen molar-refractivity contribution in [2.75, 3.05) is 7.05 Å². The highest BCUT2D eigenvalue weighted by Crippen LogP contribution is 2.33. The number of aromatic nitrogens is 2. The summed E-state index contributed by atoms with van der Waals surface area (Å²) in [5.41, 5.74) is 1.36. The molecule has 1 unspecified atom stereocenters. The van der Waals surface area contributed by atoms with Crippen LogP contribution in [0.4, 0.5) is 0 Å². The Kier molecular flexibility index (Phi) is 3.99. The van der Waals surface area contributed by atoms with Crippen LogP contribution in [0, 0.1) is 5.92 Å². The van der Waals surface area contributed by atoms with Gasteiger partial charge in [-0.25, -0.2) is 0 Å². The lowest BCUT2D eigenvalue weighted by Crippen LogP contribution is -2.26. The maximum atomic E-state index is 4.38. The zero-order valence-corrected chi connectivity index (χ0v) is 10.4. The fourth-order valence-electron chi connectivity index (χ4n) is 2.86. The van der Waals surface area contributed by atoms with Gasteiger partial charge in [-0.3, -0.25) is 4.68 Å². The third-order valence-corrected chi connectivity index (χ3v) is 3.77. The number of aryl methyl sites for hydroxylation is 1. The standard InChI is InChI=1S/C13H23N3/c1-3-16-10-12(9-15-16)13(14-2)11-7-5-4-6-8-11/h9-11,13-14H,3-8H2,1-2H3. The fourth-order valence-corrected chi connectivity index (χ4v) is 2.86. The zero-order chi connectivity index (χ0) is 11.4. The van der Waals surface area contributed by atoms with E-state index in [1.54, 1.807) is 0 Å². The van der Waals surface area contributed by atoms with Crippen molar-refractivity contribution in [3.63, 3.8) is 0 Å². The number of nitrogens with zero attached hydrogens (tertiary/aromatic N) is 2. The van der Waals surface area contributed by atoms with E-state index >= 15 is 0 Å². The van der Waals surface area contributed by atoms with Crippen molar-refractivity contribution < 1.29 is 0 Å². The van der Waals surface area contributed by atoms with Gasteiger partial charge in [-0.15, -0.1) is 0 Å². The zero-order valence-electron chi connectivity index (χ0n) is 10.4. The van der Waals surface area contributed by atoms with Gasteiger partial charge in [0.1, 0.15) is 0 Å². The molecule has 1 N–H and O–H groups in total. The minimum atomic E-state index is 0.501. The van der Waals surface area contributed by atoms with Crippen LogP contribution >= 0.6 is 0 Å². The molecule has 1 heterocycles. The normalized spacial score (nSPS) is 19.9. The summed E-state index contributed by atoms with van der Waals surface area (Å²) in [6, 6.07) is 0.501. The van der Waals surface area contributed by atoms with Gasteiger partial charge in [0.05, 0.1) is 6.20 Å². The number of rotatable bonds is 4. The van der Waals surface area contributed by atoms with E-state index in [0.29, 0.717) is 6.04 Å². The van der Waals surface area contributed by atoms with Crippen LogP contribution < -0.4 is 5.32 Å². The summed E-state index contributed by atoms with van der Waals surface area (Å²) in [5.74, 6) is 0.799. The smallest absolute Gasteiger partial charge is 0.0537 e. The van der Waals surface area contributed by atoms with Gasteiger partial charge in [0.25, 0.3) is 0 Å². The van der Waals surface area contributed by atoms with Crippen LogP contribution in [-0.4, -0.2) is 16.8 Å². The lowest BCUT2D eigenvalue weighted by atomic mass is 9.82. The number of hydrogen-bond acceptors (Lipinski definition) is 2. The molecule has 0 aliphatic heterocycles. The van der Waals surface area contributed by atoms with E-state index in [4.69, 9.17) is 0 Å². The van der Waals surface area contributed by atoms with Crippen molar-refractivity contribution in [2.45, 2.75) is 51.6 Å². The molecule has 0 aromatic carbocycles. The Balaban J connectivity index is 2.08. The Morgan fingerprint density at radius 2 is 2.19 bits per heavy atom. The Bertz CT molecular complexity index is 313. The molecule has 1 fully saturated rings. The Morgan fingerprint density at radius 1 is 1.44 bits per heavy atom. The molecule has 1 aliphatic carbocycles. The van der Waals surface area contributed by atoms with Crippen LogP contribution in [0.25, 0.3) is 0 Å². The summed E-state index contributed by atoms with van der Waals surface area (Å²) >= 11 is 0. The molecule has 1 saturated carbocycles. The van der Waals surface area contributed by atoms with E-state index < -0.39 is 0 Å². The molecule has 3 heteroatoms. The average Bonchev–Trinajstić information content (AvgIpc) is 2.80. The summed E-state index contributed by atoms with van der Waals surface area (Å²) < 4.78 is 2.02. The minimum absolute atomic E-state index is 0.501. The van der Waals surface area contributed by atoms with Crippen LogP contribution in [-0.2, 0) is 6.54 Å². The lowest BCUT2D eigenvalue weighted by molar-refractivity contribution is 0.281. The van der Waals surface area contributed by atoms with Gasteiger partial charge in [0, 0.05) is 24.3 Å². The van der Waals surface area contributed by atoms with Gasteiger partial charge in [-0.1, -0.05) is 19.3 Å². The summed E-state index contributed by atoms with van der Waals surface area (Å²) in [5, 5.41) is 7.85. The van der Waals surface area contributed by atoms with E-state index in [2.05, 4.69) is 30.6 Å². The van der Waals surface area contributed by atoms with Gasteiger partial charge < -0.3 is 5.32 Å². The molecule has 0 bridgehead atoms. The van der Waals surface area contributed by atoms with Crippen molar-refractivity contribution in [3.8, 4) is 0 Å². The number of hydrogen-bond donors (Lipinski definition) is 1. The van der Waals surface area contributed by atoms with E-state index in [1.807, 2.05) is 10.9 Å². The molecule has 2 rings (SSSR count). The second kappa shape index (κ2) is 5.48. The molecule has 1 aromatic rings. The molecule has 1 aliphatic rings. The molecule has 0 saturated heterocycles. The molecule has 1 aromatic heterocycles. The fraction of sp³-hybridized carbons (Fsp3) is 0.769. The van der Waals surface area contributed by atoms with Crippen molar-refractivity contribution in [2.24, 2.45) is 5.92 Å². The maximum Gasteiger partial charge on any atom is 0.0537 e. The highest BCUT2D eigenvalue weighted by atomic mass is 15.3. The summed E-state index contributed by atoms with van der Waals surface area (Å²) in [4.78, 5) is 0. The van der Waals surface area contributed by atoms with Crippen LogP contribution in [0.1, 0.15) is 50.6 Å². The molecular weight excluding hydrogens is 198 g/mol. The molecule has 0 spiro atoms. The van der Waals surface area contributed by atoms with E-state index in [1.165, 1.54) is 37.7 Å². The first kappa shape index (κ1) is 11.6. The predicted molar refractivity (Wildman–Crippen MR) is 66.3 cm³/mol. The highest BCUT2D eigenvalue weighted by Gasteiger charge is 2.24. The minimum Gasteiger partial charge on any atom is -0.313 e. The average molecular weight is 221 g/mol. The van der Waals surface area contributed by atoms with Crippen LogP contribution in [0.15, 0.2) is 12.4 Å². The second-order valence-electron chi connectivity index (χ2n) is 4.79. The van der Waals surface area contributed by atoms with Gasteiger partial charge in [-0.05, 0) is 32.7 Å². The predicted octanol–water partition coefficient (Wildman–Crippen LogP) is 2.74. The first-order valence-electron chi connectivity index (χ1n) is 6.54. The van der Waals surface area contributed by atoms with Crippen LogP contribution in [0.5, 0.6) is 0 Å². The third kappa shape index (κ3) is 2.46. The van der Waals surface area contributed by atoms with Crippen molar-refractivity contribution >= 4 is 0 Å². The van der Waals surface area contributed by atoms with Gasteiger partial charge in [0.15, 0.2) is 0 Å². The Labute approximate surface area is 98.2 Å². The SMILES string of the molecule is CCn1cc(C(NC)C2CCCCC2)cn1. The molecular formula is C13H23N3. The highest BCUT2D eigenvalue weighted by molar-refractivity contribution is 5.12. The molecule has 16 heavy (non-hydrogen) atoms. The Morgan fingerprint density at radius 3 is 2.75 bits per heavy atom. The maximum absolute atomic E-state index is 4.38. The van der Waals surface area contributed by atoms with Gasteiger partial charge >= 0.3 is 0 Å². The van der Waals surface area contributed by atoms with Crippen molar-refractivity contribution in [1.82, 2.24) is 15.1 Å². The van der Waals surface area contributed by atoms with Gasteiger partial charge in [-0.2, -0.15) is 5.10 Å². The van der Waals surface area contributed by atoms with E-state index in [9.17, 15) is 0 Å². The van der Waals surface area contributed by atoms with E-state index in [0.717, 1.165) is 12.5 Å². The Hall–Kier alpha value is -0.830. The number of nitrogens with one attached hydrogen (secondary N) is 1. The summed E-state index contributed by atoms with van der Waals surface area (Å²) in [7, 11) is 2.07. The van der Waals surface area contributed by atoms with Crippen molar-refractivity contribution in [1.29, 1.82) is 0 Å². The van der Waals surface area contributed by atoms with Gasteiger partial charge in [0.2, 0.25) is 0 Å². The summed E-state index contributed by atoms with van der Waals surface area (Å²) in [6.07, 6.45) is 11.2. The topological polar surface area (TPSA) is 29.9 Å². The molecule has 0 radical (unpaired) electrons. The first-order chi connectivity index (χ1) is 7.85. The second-order valence-corrected chi connectivity index (χ2v) is 4.79. The third-order valence-electron chi connectivity index (χ3n) is 3.77. The quantitative estimate of drug-likeness (QED) is 0.847. The monoisotopic (exact) mass is 221 g/mol. The van der Waals surface area contributed by atoms with Crippen molar-refractivity contribution in [3.05, 3.63) is 18.0 Å². The largest absolute Gasteiger partial charge is 0.313 e. The molecule has 0 amide bonds. The first-order valence-corrected chi connectivity index (χ1v) is 6.54. The van der Waals surface area contributed by atoms with Crippen LogP contribution in [0.3, 0.4) is 0 Å². The van der Waals surface area contributed by atoms with E-state index in [-0.39, 0.29) is 0 Å². The molecule has 1 atom stereocenters. The van der Waals surface area contributed by atoms with Crippen LogP contribution in [0.2, 0.25) is 0 Å². The lowest BCUT2D eigenvalue weighted by Gasteiger charge is -2.29. The molecule has 90 valence electrons.